The number of hydrogen-bond donors (Lipinski definition) is 1. The number of carbonyl (C=O) groups is 2. The zero-order chi connectivity index (χ0) is 18.3. The largest absolute Gasteiger partial charge is 0.379 e. The standard InChI is InChI=1S/C17H24N4O4/c1-14(22)19-8-10-25-12-11-24-9-2-3-17(23)16-6-4-15(5-7-16)13-20-21-18/h4-7H,2-3,8-13H2,1H3,(H,19,22). The Labute approximate surface area is 147 Å². The molecule has 8 heteroatoms. The van der Waals surface area contributed by atoms with Crippen LogP contribution in [0, 0.1) is 0 Å². The van der Waals surface area contributed by atoms with Crippen LogP contribution in [0.2, 0.25) is 0 Å². The Hall–Kier alpha value is -2.41. The van der Waals surface area contributed by atoms with Gasteiger partial charge >= 0.3 is 0 Å². The van der Waals surface area contributed by atoms with Gasteiger partial charge in [0.2, 0.25) is 5.91 Å². The molecule has 1 rings (SSSR count). The van der Waals surface area contributed by atoms with E-state index in [1.165, 1.54) is 6.92 Å². The second-order valence-electron chi connectivity index (χ2n) is 5.32. The van der Waals surface area contributed by atoms with E-state index in [4.69, 9.17) is 15.0 Å². The maximum atomic E-state index is 12.0. The molecule has 0 saturated heterocycles. The molecule has 1 N–H and O–H groups in total. The van der Waals surface area contributed by atoms with E-state index in [0.29, 0.717) is 51.4 Å². The molecule has 0 bridgehead atoms. The molecular formula is C17H24N4O4. The van der Waals surface area contributed by atoms with Gasteiger partial charge in [0.25, 0.3) is 0 Å². The summed E-state index contributed by atoms with van der Waals surface area (Å²) in [6, 6.07) is 7.07. The van der Waals surface area contributed by atoms with E-state index in [-0.39, 0.29) is 18.2 Å². The van der Waals surface area contributed by atoms with Crippen molar-refractivity contribution in [2.75, 3.05) is 33.0 Å². The molecule has 0 unspecified atom stereocenters. The summed E-state index contributed by atoms with van der Waals surface area (Å²) >= 11 is 0. The van der Waals surface area contributed by atoms with Crippen LogP contribution in [0.5, 0.6) is 0 Å². The lowest BCUT2D eigenvalue weighted by Crippen LogP contribution is -2.24. The Morgan fingerprint density at radius 3 is 2.44 bits per heavy atom. The monoisotopic (exact) mass is 348 g/mol. The molecule has 1 aromatic rings. The second kappa shape index (κ2) is 12.9. The molecule has 8 nitrogen and oxygen atoms in total. The second-order valence-corrected chi connectivity index (χ2v) is 5.32. The van der Waals surface area contributed by atoms with Crippen molar-refractivity contribution in [3.63, 3.8) is 0 Å². The lowest BCUT2D eigenvalue weighted by atomic mass is 10.0. The van der Waals surface area contributed by atoms with Gasteiger partial charge in [-0.05, 0) is 17.5 Å². The number of carbonyl (C=O) groups excluding carboxylic acids is 2. The number of nitrogens with one attached hydrogen (secondary N) is 1. The molecule has 0 atom stereocenters. The summed E-state index contributed by atoms with van der Waals surface area (Å²) in [7, 11) is 0. The fourth-order valence-corrected chi connectivity index (χ4v) is 2.01. The maximum absolute atomic E-state index is 12.0. The predicted octanol–water partition coefficient (Wildman–Crippen LogP) is 2.63. The number of rotatable bonds is 13. The number of azide groups is 1. The van der Waals surface area contributed by atoms with Crippen LogP contribution in [-0.2, 0) is 20.8 Å². The first-order chi connectivity index (χ1) is 12.1. The van der Waals surface area contributed by atoms with Gasteiger partial charge in [-0.2, -0.15) is 0 Å². The molecular weight excluding hydrogens is 324 g/mol. The molecule has 0 aliphatic carbocycles. The molecule has 1 aromatic carbocycles. The molecule has 0 aliphatic heterocycles. The summed E-state index contributed by atoms with van der Waals surface area (Å²) < 4.78 is 10.7. The summed E-state index contributed by atoms with van der Waals surface area (Å²) in [6.07, 6.45) is 1.06. The van der Waals surface area contributed by atoms with Crippen LogP contribution in [0.1, 0.15) is 35.7 Å². The van der Waals surface area contributed by atoms with Crippen LogP contribution in [0.3, 0.4) is 0 Å². The number of nitrogens with zero attached hydrogens (tertiary/aromatic N) is 3. The molecule has 0 saturated carbocycles. The molecule has 0 aromatic heterocycles. The Morgan fingerprint density at radius 2 is 1.80 bits per heavy atom. The van der Waals surface area contributed by atoms with Gasteiger partial charge in [0, 0.05) is 37.0 Å². The highest BCUT2D eigenvalue weighted by Gasteiger charge is 2.05. The summed E-state index contributed by atoms with van der Waals surface area (Å²) in [5.74, 6) is -0.0136. The number of ketones is 1. The van der Waals surface area contributed by atoms with Crippen LogP contribution >= 0.6 is 0 Å². The Balaban J connectivity index is 2.06. The number of Topliss-reactive ketones (excluding diaryl/α,β-unsaturated/α-hetero) is 1. The van der Waals surface area contributed by atoms with Crippen molar-refractivity contribution in [3.05, 3.63) is 45.8 Å². The minimum atomic E-state index is -0.0742. The average molecular weight is 348 g/mol. The van der Waals surface area contributed by atoms with E-state index in [1.807, 2.05) is 0 Å². The SMILES string of the molecule is CC(=O)NCCOCCOCCCC(=O)c1ccc(CN=[N+]=[N-])cc1. The average Bonchev–Trinajstić information content (AvgIpc) is 2.61. The van der Waals surface area contributed by atoms with E-state index in [0.717, 1.165) is 5.56 Å². The third kappa shape index (κ3) is 10.1. The molecule has 136 valence electrons. The van der Waals surface area contributed by atoms with E-state index in [1.54, 1.807) is 24.3 Å². The topological polar surface area (TPSA) is 113 Å². The Bertz CT molecular complexity index is 583. The van der Waals surface area contributed by atoms with Gasteiger partial charge in [0.15, 0.2) is 5.78 Å². The van der Waals surface area contributed by atoms with Gasteiger partial charge in [0.1, 0.15) is 0 Å². The number of hydrogen-bond acceptors (Lipinski definition) is 5. The molecule has 0 heterocycles. The van der Waals surface area contributed by atoms with Crippen LogP contribution < -0.4 is 5.32 Å². The lowest BCUT2D eigenvalue weighted by Gasteiger charge is -2.06. The Kier molecular flexibility index (Phi) is 10.7. The van der Waals surface area contributed by atoms with E-state index in [2.05, 4.69) is 15.3 Å². The van der Waals surface area contributed by atoms with Gasteiger partial charge in [-0.1, -0.05) is 29.4 Å². The van der Waals surface area contributed by atoms with Crippen molar-refractivity contribution in [1.29, 1.82) is 0 Å². The van der Waals surface area contributed by atoms with E-state index >= 15 is 0 Å². The molecule has 0 spiro atoms. The lowest BCUT2D eigenvalue weighted by molar-refractivity contribution is -0.119. The van der Waals surface area contributed by atoms with Crippen molar-refractivity contribution in [2.45, 2.75) is 26.3 Å². The van der Waals surface area contributed by atoms with Gasteiger partial charge in [-0.15, -0.1) is 0 Å². The normalized spacial score (nSPS) is 10.1. The van der Waals surface area contributed by atoms with Gasteiger partial charge < -0.3 is 14.8 Å². The fraction of sp³-hybridized carbons (Fsp3) is 0.529. The first-order valence-corrected chi connectivity index (χ1v) is 8.16. The number of amides is 1. The quantitative estimate of drug-likeness (QED) is 0.194. The predicted molar refractivity (Wildman–Crippen MR) is 93.2 cm³/mol. The number of ether oxygens (including phenoxy) is 2. The smallest absolute Gasteiger partial charge is 0.216 e. The Morgan fingerprint density at radius 1 is 1.12 bits per heavy atom. The minimum absolute atomic E-state index is 0.0606. The highest BCUT2D eigenvalue weighted by molar-refractivity contribution is 5.96. The van der Waals surface area contributed by atoms with E-state index in [9.17, 15) is 9.59 Å². The van der Waals surface area contributed by atoms with Crippen molar-refractivity contribution in [3.8, 4) is 0 Å². The fourth-order valence-electron chi connectivity index (χ4n) is 2.01. The molecule has 0 radical (unpaired) electrons. The highest BCUT2D eigenvalue weighted by Crippen LogP contribution is 2.09. The molecule has 1 amide bonds. The summed E-state index contributed by atoms with van der Waals surface area (Å²) in [5, 5.41) is 6.11. The van der Waals surface area contributed by atoms with Crippen LogP contribution in [0.4, 0.5) is 0 Å². The van der Waals surface area contributed by atoms with Crippen LogP contribution in [0.15, 0.2) is 29.4 Å². The summed E-state index contributed by atoms with van der Waals surface area (Å²) in [5.41, 5.74) is 9.79. The summed E-state index contributed by atoms with van der Waals surface area (Å²) in [6.45, 7) is 4.11. The zero-order valence-electron chi connectivity index (χ0n) is 14.4. The third-order valence-electron chi connectivity index (χ3n) is 3.28. The maximum Gasteiger partial charge on any atom is 0.216 e. The molecule has 0 aliphatic rings. The van der Waals surface area contributed by atoms with Crippen LogP contribution in [-0.4, -0.2) is 44.7 Å². The highest BCUT2D eigenvalue weighted by atomic mass is 16.5. The van der Waals surface area contributed by atoms with Crippen molar-refractivity contribution in [2.24, 2.45) is 5.11 Å². The minimum Gasteiger partial charge on any atom is -0.379 e. The van der Waals surface area contributed by atoms with Crippen molar-refractivity contribution in [1.82, 2.24) is 5.32 Å². The number of benzene rings is 1. The van der Waals surface area contributed by atoms with Gasteiger partial charge in [-0.3, -0.25) is 9.59 Å². The van der Waals surface area contributed by atoms with Gasteiger partial charge in [0.05, 0.1) is 26.4 Å². The van der Waals surface area contributed by atoms with Crippen LogP contribution in [0.25, 0.3) is 10.4 Å². The van der Waals surface area contributed by atoms with E-state index < -0.39 is 0 Å². The molecule has 0 fully saturated rings. The van der Waals surface area contributed by atoms with Gasteiger partial charge in [-0.25, -0.2) is 0 Å². The first-order valence-electron chi connectivity index (χ1n) is 8.16. The first kappa shape index (κ1) is 20.6. The zero-order valence-corrected chi connectivity index (χ0v) is 14.4. The van der Waals surface area contributed by atoms with Crippen molar-refractivity contribution >= 4 is 11.7 Å². The molecule has 25 heavy (non-hydrogen) atoms. The summed E-state index contributed by atoms with van der Waals surface area (Å²) in [4.78, 5) is 25.4. The third-order valence-corrected chi connectivity index (χ3v) is 3.28. The van der Waals surface area contributed by atoms with Crippen molar-refractivity contribution < 1.29 is 19.1 Å².